The van der Waals surface area contributed by atoms with E-state index >= 15 is 0 Å². The number of nitrogens with zero attached hydrogens (tertiary/aromatic N) is 5. The number of rotatable bonds is 7. The second-order valence-corrected chi connectivity index (χ2v) is 6.45. The topological polar surface area (TPSA) is 195 Å². The first-order chi connectivity index (χ1) is 15.7. The van der Waals surface area contributed by atoms with Crippen molar-refractivity contribution in [2.75, 3.05) is 0 Å². The molecule has 0 saturated heterocycles. The molecule has 0 aliphatic heterocycles. The molecular weight excluding hydrogens is 438 g/mol. The molecule has 0 amide bonds. The van der Waals surface area contributed by atoms with E-state index in [0.717, 1.165) is 61.0 Å². The Morgan fingerprint density at radius 2 is 1.00 bits per heavy atom. The van der Waals surface area contributed by atoms with E-state index in [-0.39, 0.29) is 51.1 Å². The Morgan fingerprint density at radius 3 is 1.45 bits per heavy atom. The number of non-ortho nitro benzene ring substituents is 3. The van der Waals surface area contributed by atoms with Gasteiger partial charge in [-0.15, -0.1) is 0 Å². The van der Waals surface area contributed by atoms with Crippen molar-refractivity contribution in [3.8, 4) is 11.5 Å². The first-order valence-electron chi connectivity index (χ1n) is 8.97. The van der Waals surface area contributed by atoms with Gasteiger partial charge in [-0.05, 0) is 18.2 Å². The van der Waals surface area contributed by atoms with Crippen LogP contribution >= 0.6 is 0 Å². The van der Waals surface area contributed by atoms with E-state index in [1.807, 2.05) is 0 Å². The van der Waals surface area contributed by atoms with E-state index in [2.05, 4.69) is 9.98 Å². The van der Waals surface area contributed by atoms with E-state index < -0.39 is 14.8 Å². The fraction of sp³-hybridized carbons (Fsp3) is 0. The average molecular weight is 451 g/mol. The normalized spacial score (nSPS) is 11.2. The minimum absolute atomic E-state index is 0.0121. The highest BCUT2D eigenvalue weighted by Gasteiger charge is 2.13. The first kappa shape index (κ1) is 22.5. The number of phenols is 2. The number of hydrogen-bond acceptors (Lipinski definition) is 10. The van der Waals surface area contributed by atoms with E-state index in [4.69, 9.17) is 0 Å². The Morgan fingerprint density at radius 1 is 0.606 bits per heavy atom. The van der Waals surface area contributed by atoms with Crippen molar-refractivity contribution in [3.63, 3.8) is 0 Å². The maximum absolute atomic E-state index is 11.1. The molecular formula is C20H13N5O8. The van der Waals surface area contributed by atoms with Crippen LogP contribution in [0.5, 0.6) is 11.5 Å². The Labute approximate surface area is 184 Å². The van der Waals surface area contributed by atoms with Crippen molar-refractivity contribution >= 4 is 40.9 Å². The van der Waals surface area contributed by atoms with Gasteiger partial charge in [0.2, 0.25) is 0 Å². The lowest BCUT2D eigenvalue weighted by atomic mass is 10.2. The zero-order valence-corrected chi connectivity index (χ0v) is 16.4. The Balaban J connectivity index is 2.04. The van der Waals surface area contributed by atoms with Crippen LogP contribution in [0.1, 0.15) is 11.1 Å². The van der Waals surface area contributed by atoms with Crippen LogP contribution in [0.15, 0.2) is 64.6 Å². The molecule has 0 heterocycles. The maximum atomic E-state index is 11.1. The summed E-state index contributed by atoms with van der Waals surface area (Å²) < 4.78 is 0. The highest BCUT2D eigenvalue weighted by Crippen LogP contribution is 2.33. The van der Waals surface area contributed by atoms with Gasteiger partial charge in [-0.1, -0.05) is 0 Å². The van der Waals surface area contributed by atoms with Gasteiger partial charge in [-0.3, -0.25) is 40.3 Å². The summed E-state index contributed by atoms with van der Waals surface area (Å²) in [5.74, 6) is -0.584. The van der Waals surface area contributed by atoms with Gasteiger partial charge in [0.05, 0.1) is 26.1 Å². The number of phenolic OH excluding ortho intramolecular Hbond substituents is 2. The van der Waals surface area contributed by atoms with E-state index in [9.17, 15) is 40.6 Å². The molecule has 0 aliphatic rings. The molecule has 2 N–H and O–H groups in total. The predicted molar refractivity (Wildman–Crippen MR) is 117 cm³/mol. The lowest BCUT2D eigenvalue weighted by Gasteiger charge is -2.03. The van der Waals surface area contributed by atoms with E-state index in [1.54, 1.807) is 0 Å². The van der Waals surface area contributed by atoms with Crippen LogP contribution in [0.25, 0.3) is 0 Å². The predicted octanol–water partition coefficient (Wildman–Crippen LogP) is 4.32. The average Bonchev–Trinajstić information content (AvgIpc) is 2.77. The third-order valence-corrected chi connectivity index (χ3v) is 4.30. The molecule has 3 aromatic rings. The second kappa shape index (κ2) is 9.30. The molecule has 0 radical (unpaired) electrons. The van der Waals surface area contributed by atoms with Gasteiger partial charge in [0.25, 0.3) is 17.1 Å². The van der Waals surface area contributed by atoms with Gasteiger partial charge in [0, 0.05) is 60.0 Å². The quantitative estimate of drug-likeness (QED) is 0.301. The van der Waals surface area contributed by atoms with Crippen molar-refractivity contribution in [1.82, 2.24) is 0 Å². The van der Waals surface area contributed by atoms with Crippen molar-refractivity contribution in [3.05, 3.63) is 96.1 Å². The zero-order valence-electron chi connectivity index (χ0n) is 16.4. The molecule has 3 rings (SSSR count). The molecule has 13 nitrogen and oxygen atoms in total. The monoisotopic (exact) mass is 451 g/mol. The summed E-state index contributed by atoms with van der Waals surface area (Å²) in [5, 5.41) is 52.9. The third kappa shape index (κ3) is 5.29. The molecule has 0 aromatic heterocycles. The van der Waals surface area contributed by atoms with Crippen LogP contribution in [-0.4, -0.2) is 37.4 Å². The van der Waals surface area contributed by atoms with E-state index in [1.165, 1.54) is 6.07 Å². The number of nitro benzene ring substituents is 3. The second-order valence-electron chi connectivity index (χ2n) is 6.45. The molecule has 0 bridgehead atoms. The van der Waals surface area contributed by atoms with Gasteiger partial charge in [0.1, 0.15) is 11.5 Å². The molecule has 3 aromatic carbocycles. The Bertz CT molecular complexity index is 1340. The summed E-state index contributed by atoms with van der Waals surface area (Å²) in [5.41, 5.74) is -0.827. The van der Waals surface area contributed by atoms with Crippen molar-refractivity contribution in [2.24, 2.45) is 9.98 Å². The van der Waals surface area contributed by atoms with Crippen LogP contribution in [0, 0.1) is 30.3 Å². The summed E-state index contributed by atoms with van der Waals surface area (Å²) in [6.07, 6.45) is 2.19. The Kier molecular flexibility index (Phi) is 6.34. The summed E-state index contributed by atoms with van der Waals surface area (Å²) >= 11 is 0. The van der Waals surface area contributed by atoms with Gasteiger partial charge in [0.15, 0.2) is 0 Å². The highest BCUT2D eigenvalue weighted by molar-refractivity contribution is 5.90. The number of hydrogen-bond donors (Lipinski definition) is 2. The molecule has 33 heavy (non-hydrogen) atoms. The number of aromatic hydroxyl groups is 2. The number of aliphatic imine (C=N–C) groups is 2. The van der Waals surface area contributed by atoms with Gasteiger partial charge < -0.3 is 10.2 Å². The number of nitro groups is 3. The fourth-order valence-electron chi connectivity index (χ4n) is 2.63. The van der Waals surface area contributed by atoms with Crippen molar-refractivity contribution < 1.29 is 25.0 Å². The summed E-state index contributed by atoms with van der Waals surface area (Å²) in [7, 11) is 0. The minimum Gasteiger partial charge on any atom is -0.507 e. The molecule has 0 atom stereocenters. The first-order valence-corrected chi connectivity index (χ1v) is 8.97. The maximum Gasteiger partial charge on any atom is 0.271 e. The molecule has 166 valence electrons. The lowest BCUT2D eigenvalue weighted by molar-refractivity contribution is -0.385. The Hall–Kier alpha value is -5.20. The number of benzene rings is 3. The summed E-state index contributed by atoms with van der Waals surface area (Å²) in [4.78, 5) is 39.2. The van der Waals surface area contributed by atoms with Crippen LogP contribution in [0.3, 0.4) is 0 Å². The van der Waals surface area contributed by atoms with Crippen LogP contribution < -0.4 is 0 Å². The largest absolute Gasteiger partial charge is 0.507 e. The SMILES string of the molecule is O=[N+]([O-])c1ccc(O)c(C=Nc2ccc([N+](=O)[O-])cc2N=Cc2cc([N+](=O)[O-])ccc2O)c1. The zero-order chi connectivity index (χ0) is 24.1. The molecule has 0 aliphatic carbocycles. The van der Waals surface area contributed by atoms with E-state index in [0.29, 0.717) is 0 Å². The third-order valence-electron chi connectivity index (χ3n) is 4.30. The standard InChI is InChI=1S/C20H13N5O8/c26-19-5-2-14(23(28)29)7-12(19)10-21-17-4-1-16(25(32)33)9-18(17)22-11-13-8-15(24(30)31)3-6-20(13)27/h1-11,26-27H. The van der Waals surface area contributed by atoms with Gasteiger partial charge >= 0.3 is 0 Å². The molecule has 0 unspecified atom stereocenters. The van der Waals surface area contributed by atoms with Crippen LogP contribution in [0.4, 0.5) is 28.4 Å². The minimum atomic E-state index is -0.663. The van der Waals surface area contributed by atoms with Crippen molar-refractivity contribution in [2.45, 2.75) is 0 Å². The van der Waals surface area contributed by atoms with Crippen LogP contribution in [-0.2, 0) is 0 Å². The fourth-order valence-corrected chi connectivity index (χ4v) is 2.63. The van der Waals surface area contributed by atoms with Gasteiger partial charge in [-0.2, -0.15) is 0 Å². The summed E-state index contributed by atoms with van der Waals surface area (Å²) in [6, 6.07) is 10.1. The molecule has 0 fully saturated rings. The summed E-state index contributed by atoms with van der Waals surface area (Å²) in [6.45, 7) is 0. The van der Waals surface area contributed by atoms with Crippen LogP contribution in [0.2, 0.25) is 0 Å². The molecule has 0 spiro atoms. The smallest absolute Gasteiger partial charge is 0.271 e. The lowest BCUT2D eigenvalue weighted by Crippen LogP contribution is -1.91. The highest BCUT2D eigenvalue weighted by atomic mass is 16.6. The molecule has 0 saturated carbocycles. The van der Waals surface area contributed by atoms with Gasteiger partial charge in [-0.25, -0.2) is 0 Å². The molecule has 13 heteroatoms. The van der Waals surface area contributed by atoms with Crippen molar-refractivity contribution in [1.29, 1.82) is 0 Å².